The summed E-state index contributed by atoms with van der Waals surface area (Å²) in [5, 5.41) is 9.80. The van der Waals surface area contributed by atoms with Gasteiger partial charge in [-0.05, 0) is 42.6 Å². The fraction of sp³-hybridized carbons (Fsp3) is 0.0500. The second-order valence-corrected chi connectivity index (χ2v) is 7.15. The van der Waals surface area contributed by atoms with Gasteiger partial charge in [0.05, 0.1) is 5.52 Å². The van der Waals surface area contributed by atoms with Crippen LogP contribution in [0.25, 0.3) is 31.4 Å². The summed E-state index contributed by atoms with van der Waals surface area (Å²) in [4.78, 5) is 4.62. The number of nitrogens with one attached hydrogen (secondary N) is 2. The van der Waals surface area contributed by atoms with E-state index in [1.54, 1.807) is 11.3 Å². The first-order valence-electron chi connectivity index (χ1n) is 8.07. The fourth-order valence-electron chi connectivity index (χ4n) is 3.13. The van der Waals surface area contributed by atoms with E-state index >= 15 is 0 Å². The van der Waals surface area contributed by atoms with Crippen LogP contribution < -0.4 is 5.32 Å². The SMILES string of the molecule is Cc1cc(Nc2cc(-c3cc4ccccc4s3)c3[nH]ccc3c2)no1. The third kappa shape index (κ3) is 2.49. The summed E-state index contributed by atoms with van der Waals surface area (Å²) in [7, 11) is 0. The third-order valence-corrected chi connectivity index (χ3v) is 5.40. The Morgan fingerprint density at radius 2 is 1.96 bits per heavy atom. The number of anilines is 2. The van der Waals surface area contributed by atoms with Crippen LogP contribution in [0.3, 0.4) is 0 Å². The van der Waals surface area contributed by atoms with Crippen LogP contribution >= 0.6 is 11.3 Å². The first-order valence-corrected chi connectivity index (χ1v) is 8.88. The number of nitrogens with zero attached hydrogens (tertiary/aromatic N) is 1. The number of aryl methyl sites for hydroxylation is 1. The van der Waals surface area contributed by atoms with E-state index < -0.39 is 0 Å². The molecule has 0 amide bonds. The van der Waals surface area contributed by atoms with E-state index in [9.17, 15) is 0 Å². The van der Waals surface area contributed by atoms with Crippen LogP contribution in [-0.4, -0.2) is 10.1 Å². The second-order valence-electron chi connectivity index (χ2n) is 6.06. The minimum atomic E-state index is 0.717. The Bertz CT molecular complexity index is 1170. The van der Waals surface area contributed by atoms with Gasteiger partial charge in [0, 0.05) is 38.5 Å². The number of H-pyrrole nitrogens is 1. The van der Waals surface area contributed by atoms with Gasteiger partial charge in [-0.1, -0.05) is 23.4 Å². The molecule has 3 heterocycles. The zero-order valence-corrected chi connectivity index (χ0v) is 14.4. The Labute approximate surface area is 148 Å². The quantitative estimate of drug-likeness (QED) is 0.416. The maximum atomic E-state index is 5.15. The number of aromatic nitrogens is 2. The lowest BCUT2D eigenvalue weighted by atomic mass is 10.1. The van der Waals surface area contributed by atoms with Crippen LogP contribution in [0.4, 0.5) is 11.5 Å². The van der Waals surface area contributed by atoms with Crippen LogP contribution in [0.2, 0.25) is 0 Å². The lowest BCUT2D eigenvalue weighted by Crippen LogP contribution is -1.91. The molecule has 0 unspecified atom stereocenters. The van der Waals surface area contributed by atoms with Crippen molar-refractivity contribution in [2.24, 2.45) is 0 Å². The molecule has 4 nitrogen and oxygen atoms in total. The molecule has 2 N–H and O–H groups in total. The van der Waals surface area contributed by atoms with Gasteiger partial charge in [-0.25, -0.2) is 0 Å². The molecule has 0 radical (unpaired) electrons. The van der Waals surface area contributed by atoms with Gasteiger partial charge in [-0.15, -0.1) is 11.3 Å². The van der Waals surface area contributed by atoms with Gasteiger partial charge in [-0.2, -0.15) is 0 Å². The Morgan fingerprint density at radius 3 is 2.80 bits per heavy atom. The average molecular weight is 345 g/mol. The van der Waals surface area contributed by atoms with Gasteiger partial charge in [0.1, 0.15) is 5.76 Å². The number of benzene rings is 2. The third-order valence-electron chi connectivity index (χ3n) is 4.25. The molecule has 122 valence electrons. The van der Waals surface area contributed by atoms with Gasteiger partial charge < -0.3 is 14.8 Å². The van der Waals surface area contributed by atoms with Crippen LogP contribution in [0.15, 0.2) is 65.3 Å². The zero-order valence-electron chi connectivity index (χ0n) is 13.5. The molecule has 5 aromatic rings. The Kier molecular flexibility index (Phi) is 3.15. The smallest absolute Gasteiger partial charge is 0.174 e. The molecule has 0 saturated carbocycles. The number of hydrogen-bond donors (Lipinski definition) is 2. The molecule has 0 bridgehead atoms. The van der Waals surface area contributed by atoms with Crippen molar-refractivity contribution < 1.29 is 4.52 Å². The Balaban J connectivity index is 1.66. The van der Waals surface area contributed by atoms with Crippen LogP contribution in [0.5, 0.6) is 0 Å². The van der Waals surface area contributed by atoms with E-state index in [1.807, 2.05) is 19.2 Å². The molecule has 0 atom stereocenters. The molecular weight excluding hydrogens is 330 g/mol. The molecule has 3 aromatic heterocycles. The van der Waals surface area contributed by atoms with E-state index in [2.05, 4.69) is 64.0 Å². The van der Waals surface area contributed by atoms with E-state index in [1.165, 1.54) is 20.5 Å². The molecule has 2 aromatic carbocycles. The first-order chi connectivity index (χ1) is 12.3. The van der Waals surface area contributed by atoms with E-state index in [0.717, 1.165) is 28.2 Å². The van der Waals surface area contributed by atoms with Gasteiger partial charge in [-0.3, -0.25) is 0 Å². The van der Waals surface area contributed by atoms with Crippen molar-refractivity contribution in [3.05, 3.63) is 66.6 Å². The average Bonchev–Trinajstić information content (AvgIpc) is 3.33. The first kappa shape index (κ1) is 14.3. The molecule has 5 heteroatoms. The molecule has 0 saturated heterocycles. The Hall–Kier alpha value is -3.05. The number of thiophene rings is 1. The van der Waals surface area contributed by atoms with E-state index in [0.29, 0.717) is 0 Å². The number of hydrogen-bond acceptors (Lipinski definition) is 4. The van der Waals surface area contributed by atoms with Gasteiger partial charge in [0.25, 0.3) is 0 Å². The lowest BCUT2D eigenvalue weighted by molar-refractivity contribution is 0.400. The topological polar surface area (TPSA) is 53.9 Å². The number of rotatable bonds is 3. The minimum Gasteiger partial charge on any atom is -0.361 e. The minimum absolute atomic E-state index is 0.717. The highest BCUT2D eigenvalue weighted by atomic mass is 32.1. The maximum absolute atomic E-state index is 5.15. The highest BCUT2D eigenvalue weighted by Gasteiger charge is 2.12. The van der Waals surface area contributed by atoms with Crippen molar-refractivity contribution >= 4 is 43.8 Å². The normalized spacial score (nSPS) is 11.4. The summed E-state index contributed by atoms with van der Waals surface area (Å²) < 4.78 is 6.44. The highest BCUT2D eigenvalue weighted by molar-refractivity contribution is 7.22. The van der Waals surface area contributed by atoms with E-state index in [-0.39, 0.29) is 0 Å². The molecule has 0 aliphatic carbocycles. The summed E-state index contributed by atoms with van der Waals surface area (Å²) in [5.74, 6) is 1.50. The van der Waals surface area contributed by atoms with Crippen LogP contribution in [0, 0.1) is 6.92 Å². The highest BCUT2D eigenvalue weighted by Crippen LogP contribution is 2.38. The largest absolute Gasteiger partial charge is 0.361 e. The summed E-state index contributed by atoms with van der Waals surface area (Å²) in [6.45, 7) is 1.89. The van der Waals surface area contributed by atoms with Crippen LogP contribution in [0.1, 0.15) is 5.76 Å². The molecule has 0 spiro atoms. The zero-order chi connectivity index (χ0) is 16.8. The van der Waals surface area contributed by atoms with Crippen LogP contribution in [-0.2, 0) is 0 Å². The monoisotopic (exact) mass is 345 g/mol. The lowest BCUT2D eigenvalue weighted by Gasteiger charge is -2.07. The predicted molar refractivity (Wildman–Crippen MR) is 104 cm³/mol. The predicted octanol–water partition coefficient (Wildman–Crippen LogP) is 6.09. The van der Waals surface area contributed by atoms with Crippen molar-refractivity contribution in [1.82, 2.24) is 10.1 Å². The number of fused-ring (bicyclic) bond motifs is 2. The van der Waals surface area contributed by atoms with Crippen molar-refractivity contribution in [2.45, 2.75) is 6.92 Å². The summed E-state index contributed by atoms with van der Waals surface area (Å²) in [5.41, 5.74) is 3.33. The summed E-state index contributed by atoms with van der Waals surface area (Å²) in [6.07, 6.45) is 1.98. The molecule has 0 aliphatic heterocycles. The van der Waals surface area contributed by atoms with E-state index in [4.69, 9.17) is 4.52 Å². The maximum Gasteiger partial charge on any atom is 0.174 e. The summed E-state index contributed by atoms with van der Waals surface area (Å²) >= 11 is 1.81. The molecule has 25 heavy (non-hydrogen) atoms. The van der Waals surface area contributed by atoms with Crippen molar-refractivity contribution in [3.8, 4) is 10.4 Å². The van der Waals surface area contributed by atoms with Gasteiger partial charge in [0.2, 0.25) is 0 Å². The number of aromatic amines is 1. The standard InChI is InChI=1S/C20H15N3OS/c1-12-8-19(23-24-12)22-15-9-14-6-7-21-20(14)16(11-15)18-10-13-4-2-3-5-17(13)25-18/h2-11,21H,1H3,(H,22,23). The Morgan fingerprint density at radius 1 is 1.04 bits per heavy atom. The molecule has 0 aliphatic rings. The fourth-order valence-corrected chi connectivity index (χ4v) is 4.21. The summed E-state index contributed by atoms with van der Waals surface area (Å²) in [6, 6.07) is 19.0. The van der Waals surface area contributed by atoms with Gasteiger partial charge >= 0.3 is 0 Å². The molecule has 0 fully saturated rings. The van der Waals surface area contributed by atoms with Crippen molar-refractivity contribution in [1.29, 1.82) is 0 Å². The van der Waals surface area contributed by atoms with Gasteiger partial charge in [0.15, 0.2) is 5.82 Å². The van der Waals surface area contributed by atoms with Crippen molar-refractivity contribution in [3.63, 3.8) is 0 Å². The van der Waals surface area contributed by atoms with Crippen molar-refractivity contribution in [2.75, 3.05) is 5.32 Å². The molecular formula is C20H15N3OS. The molecule has 5 rings (SSSR count). The second kappa shape index (κ2) is 5.50.